The van der Waals surface area contributed by atoms with Crippen LogP contribution in [0.2, 0.25) is 5.02 Å². The third kappa shape index (κ3) is 1.34. The van der Waals surface area contributed by atoms with E-state index in [2.05, 4.69) is 0 Å². The van der Waals surface area contributed by atoms with Gasteiger partial charge in [-0.15, -0.1) is 0 Å². The fourth-order valence-corrected chi connectivity index (χ4v) is 1.76. The van der Waals surface area contributed by atoms with Crippen LogP contribution in [0.25, 0.3) is 10.9 Å². The van der Waals surface area contributed by atoms with E-state index in [-0.39, 0.29) is 21.7 Å². The Hall–Kier alpha value is -1.68. The van der Waals surface area contributed by atoms with Crippen LogP contribution in [0.3, 0.4) is 0 Å². The van der Waals surface area contributed by atoms with Crippen molar-refractivity contribution in [3.05, 3.63) is 28.9 Å². The highest BCUT2D eigenvalue weighted by atomic mass is 35.5. The van der Waals surface area contributed by atoms with Gasteiger partial charge in [0.2, 0.25) is 0 Å². The van der Waals surface area contributed by atoms with Gasteiger partial charge in [-0.25, -0.2) is 4.79 Å². The van der Waals surface area contributed by atoms with Crippen LogP contribution in [0.5, 0.6) is 5.75 Å². The molecule has 0 spiro atoms. The van der Waals surface area contributed by atoms with Gasteiger partial charge in [-0.2, -0.15) is 0 Å². The highest BCUT2D eigenvalue weighted by molar-refractivity contribution is 6.33. The molecular formula is C10H8ClNO3. The molecule has 78 valence electrons. The van der Waals surface area contributed by atoms with E-state index >= 15 is 0 Å². The van der Waals surface area contributed by atoms with Crippen LogP contribution >= 0.6 is 11.6 Å². The fraction of sp³-hybridized carbons (Fsp3) is 0.100. The summed E-state index contributed by atoms with van der Waals surface area (Å²) in [4.78, 5) is 10.9. The van der Waals surface area contributed by atoms with E-state index in [1.54, 1.807) is 17.7 Å². The zero-order valence-corrected chi connectivity index (χ0v) is 8.62. The Labute approximate surface area is 90.3 Å². The number of carboxylic acid groups (broad SMARTS) is 1. The van der Waals surface area contributed by atoms with Crippen molar-refractivity contribution in [1.29, 1.82) is 0 Å². The predicted molar refractivity (Wildman–Crippen MR) is 56.6 cm³/mol. The van der Waals surface area contributed by atoms with Crippen molar-refractivity contribution < 1.29 is 15.0 Å². The standard InChI is InChI=1S/C10H8ClNO3/c1-12-4-5(10(14)15)8-7(12)3-2-6(11)9(8)13/h2-4,13H,1H3,(H,14,15). The summed E-state index contributed by atoms with van der Waals surface area (Å²) in [7, 11) is 1.71. The van der Waals surface area contributed by atoms with Gasteiger partial charge >= 0.3 is 5.97 Å². The second-order valence-electron chi connectivity index (χ2n) is 3.25. The lowest BCUT2D eigenvalue weighted by Gasteiger charge is -2.00. The highest BCUT2D eigenvalue weighted by Crippen LogP contribution is 2.35. The number of nitrogens with zero attached hydrogens (tertiary/aromatic N) is 1. The van der Waals surface area contributed by atoms with E-state index in [1.807, 2.05) is 0 Å². The molecule has 0 bridgehead atoms. The number of phenols is 1. The van der Waals surface area contributed by atoms with Gasteiger partial charge in [-0.1, -0.05) is 11.6 Å². The molecule has 0 unspecified atom stereocenters. The number of rotatable bonds is 1. The van der Waals surface area contributed by atoms with Crippen molar-refractivity contribution in [3.63, 3.8) is 0 Å². The molecule has 0 saturated heterocycles. The topological polar surface area (TPSA) is 62.5 Å². The van der Waals surface area contributed by atoms with Gasteiger partial charge in [-0.3, -0.25) is 0 Å². The Morgan fingerprint density at radius 2 is 2.13 bits per heavy atom. The first-order valence-electron chi connectivity index (χ1n) is 4.22. The normalized spacial score (nSPS) is 10.8. The summed E-state index contributed by atoms with van der Waals surface area (Å²) >= 11 is 5.72. The van der Waals surface area contributed by atoms with Crippen molar-refractivity contribution in [3.8, 4) is 5.75 Å². The van der Waals surface area contributed by atoms with Crippen molar-refractivity contribution >= 4 is 28.5 Å². The second-order valence-corrected chi connectivity index (χ2v) is 3.66. The van der Waals surface area contributed by atoms with Crippen LogP contribution < -0.4 is 0 Å². The first kappa shape index (κ1) is 9.86. The van der Waals surface area contributed by atoms with Gasteiger partial charge in [-0.05, 0) is 12.1 Å². The monoisotopic (exact) mass is 225 g/mol. The number of benzene rings is 1. The molecule has 0 aliphatic carbocycles. The number of aromatic carboxylic acids is 1. The number of halogens is 1. The molecule has 15 heavy (non-hydrogen) atoms. The van der Waals surface area contributed by atoms with E-state index in [9.17, 15) is 9.90 Å². The number of carbonyl (C=O) groups is 1. The maximum atomic E-state index is 10.9. The maximum Gasteiger partial charge on any atom is 0.338 e. The van der Waals surface area contributed by atoms with Crippen LogP contribution in [-0.2, 0) is 7.05 Å². The number of hydrogen-bond donors (Lipinski definition) is 2. The minimum atomic E-state index is -1.09. The molecule has 2 rings (SSSR count). The number of aromatic nitrogens is 1. The smallest absolute Gasteiger partial charge is 0.338 e. The first-order valence-corrected chi connectivity index (χ1v) is 4.60. The lowest BCUT2D eigenvalue weighted by Crippen LogP contribution is -1.94. The maximum absolute atomic E-state index is 10.9. The lowest BCUT2D eigenvalue weighted by molar-refractivity contribution is 0.0698. The zero-order chi connectivity index (χ0) is 11.2. The lowest BCUT2D eigenvalue weighted by atomic mass is 10.1. The van der Waals surface area contributed by atoms with Crippen LogP contribution in [0.15, 0.2) is 18.3 Å². The second kappa shape index (κ2) is 3.17. The minimum absolute atomic E-state index is 0.0486. The Kier molecular flexibility index (Phi) is 2.08. The zero-order valence-electron chi connectivity index (χ0n) is 7.86. The molecule has 0 aliphatic heterocycles. The van der Waals surface area contributed by atoms with Gasteiger partial charge in [0.25, 0.3) is 0 Å². The van der Waals surface area contributed by atoms with Crippen molar-refractivity contribution in [2.45, 2.75) is 0 Å². The van der Waals surface area contributed by atoms with E-state index in [4.69, 9.17) is 16.7 Å². The molecule has 5 heteroatoms. The Balaban J connectivity index is 2.95. The number of aryl methyl sites for hydroxylation is 1. The van der Waals surface area contributed by atoms with Crippen molar-refractivity contribution in [2.75, 3.05) is 0 Å². The third-order valence-corrected chi connectivity index (χ3v) is 2.61. The van der Waals surface area contributed by atoms with Gasteiger partial charge in [0.1, 0.15) is 5.75 Å². The molecule has 1 aromatic carbocycles. The van der Waals surface area contributed by atoms with E-state index in [0.29, 0.717) is 5.52 Å². The van der Waals surface area contributed by atoms with E-state index < -0.39 is 5.97 Å². The average Bonchev–Trinajstić information content (AvgIpc) is 2.50. The first-order chi connectivity index (χ1) is 7.02. The van der Waals surface area contributed by atoms with Gasteiger partial charge < -0.3 is 14.8 Å². The summed E-state index contributed by atoms with van der Waals surface area (Å²) in [6, 6.07) is 3.20. The number of fused-ring (bicyclic) bond motifs is 1. The van der Waals surface area contributed by atoms with Crippen LogP contribution in [-0.4, -0.2) is 20.7 Å². The minimum Gasteiger partial charge on any atom is -0.506 e. The number of phenolic OH excluding ortho intramolecular Hbond substituents is 1. The summed E-state index contributed by atoms with van der Waals surface area (Å²) in [6.45, 7) is 0. The summed E-state index contributed by atoms with van der Waals surface area (Å²) in [5.41, 5.74) is 0.682. The summed E-state index contributed by atoms with van der Waals surface area (Å²) in [6.07, 6.45) is 1.45. The molecule has 0 radical (unpaired) electrons. The SMILES string of the molecule is Cn1cc(C(=O)O)c2c(O)c(Cl)ccc21. The predicted octanol–water partition coefficient (Wildman–Crippen LogP) is 2.24. The van der Waals surface area contributed by atoms with E-state index in [1.165, 1.54) is 12.3 Å². The molecule has 0 saturated carbocycles. The highest BCUT2D eigenvalue weighted by Gasteiger charge is 2.17. The summed E-state index contributed by atoms with van der Waals surface area (Å²) < 4.78 is 1.63. The molecule has 1 aromatic heterocycles. The Morgan fingerprint density at radius 3 is 2.73 bits per heavy atom. The number of carboxylic acids is 1. The molecule has 2 aromatic rings. The number of aromatic hydroxyl groups is 1. The molecule has 0 fully saturated rings. The summed E-state index contributed by atoms with van der Waals surface area (Å²) in [5.74, 6) is -1.27. The molecule has 0 atom stereocenters. The number of hydrogen-bond acceptors (Lipinski definition) is 2. The van der Waals surface area contributed by atoms with Gasteiger partial charge in [0, 0.05) is 13.2 Å². The molecule has 2 N–H and O–H groups in total. The molecule has 1 heterocycles. The van der Waals surface area contributed by atoms with Gasteiger partial charge in [0.05, 0.1) is 21.5 Å². The van der Waals surface area contributed by atoms with Crippen LogP contribution in [0, 0.1) is 0 Å². The fourth-order valence-electron chi connectivity index (χ4n) is 1.60. The molecule has 0 aliphatic rings. The van der Waals surface area contributed by atoms with E-state index in [0.717, 1.165) is 0 Å². The molecule has 0 amide bonds. The van der Waals surface area contributed by atoms with Gasteiger partial charge in [0.15, 0.2) is 0 Å². The van der Waals surface area contributed by atoms with Crippen LogP contribution in [0.4, 0.5) is 0 Å². The molecule has 4 nitrogen and oxygen atoms in total. The van der Waals surface area contributed by atoms with Crippen LogP contribution in [0.1, 0.15) is 10.4 Å². The van der Waals surface area contributed by atoms with Crippen molar-refractivity contribution in [2.24, 2.45) is 7.05 Å². The third-order valence-electron chi connectivity index (χ3n) is 2.31. The van der Waals surface area contributed by atoms with Crippen molar-refractivity contribution in [1.82, 2.24) is 4.57 Å². The largest absolute Gasteiger partial charge is 0.506 e. The quantitative estimate of drug-likeness (QED) is 0.782. The average molecular weight is 226 g/mol. The summed E-state index contributed by atoms with van der Waals surface area (Å²) in [5, 5.41) is 19.1. The Bertz CT molecular complexity index is 559. The molecular weight excluding hydrogens is 218 g/mol. The Morgan fingerprint density at radius 1 is 1.47 bits per heavy atom.